The van der Waals surface area contributed by atoms with Crippen molar-refractivity contribution in [2.45, 2.75) is 33.4 Å². The second-order valence-electron chi connectivity index (χ2n) is 4.67. The first-order valence-corrected chi connectivity index (χ1v) is 5.28. The Labute approximate surface area is 91.2 Å². The van der Waals surface area contributed by atoms with Crippen molar-refractivity contribution in [3.05, 3.63) is 12.4 Å². The highest BCUT2D eigenvalue weighted by molar-refractivity contribution is 5.73. The molecule has 0 saturated heterocycles. The maximum atomic E-state index is 11.1. The summed E-state index contributed by atoms with van der Waals surface area (Å²) in [5.74, 6) is -0.737. The molecule has 1 atom stereocenters. The molecule has 0 aromatic heterocycles. The molecular formula is C11H20N2O2. The Morgan fingerprint density at radius 1 is 1.47 bits per heavy atom. The van der Waals surface area contributed by atoms with E-state index in [2.05, 4.69) is 16.7 Å². The molecule has 1 rings (SSSR count). The van der Waals surface area contributed by atoms with Crippen LogP contribution in [0.3, 0.4) is 0 Å². The second-order valence-corrected chi connectivity index (χ2v) is 4.67. The van der Waals surface area contributed by atoms with Crippen molar-refractivity contribution in [3.8, 4) is 0 Å². The maximum absolute atomic E-state index is 11.1. The zero-order valence-electron chi connectivity index (χ0n) is 9.90. The first kappa shape index (κ1) is 11.9. The smallest absolute Gasteiger partial charge is 0.309 e. The summed E-state index contributed by atoms with van der Waals surface area (Å²) in [5.41, 5.74) is -0.682. The average Bonchev–Trinajstić information content (AvgIpc) is 2.47. The van der Waals surface area contributed by atoms with Crippen LogP contribution in [0.15, 0.2) is 12.4 Å². The van der Waals surface area contributed by atoms with Gasteiger partial charge in [-0.1, -0.05) is 0 Å². The Bertz CT molecular complexity index is 274. The topological polar surface area (TPSA) is 43.8 Å². The lowest BCUT2D eigenvalue weighted by Gasteiger charge is -2.34. The summed E-state index contributed by atoms with van der Waals surface area (Å²) in [7, 11) is 1.98. The fraction of sp³-hybridized carbons (Fsp3) is 0.727. The number of carbonyl (C=O) groups is 1. The maximum Gasteiger partial charge on any atom is 0.309 e. The summed E-state index contributed by atoms with van der Waals surface area (Å²) in [6.45, 7) is 6.52. The summed E-state index contributed by atoms with van der Waals surface area (Å²) in [4.78, 5) is 15.3. The molecule has 1 N–H and O–H groups in total. The minimum absolute atomic E-state index is 0.168. The molecule has 4 nitrogen and oxygen atoms in total. The van der Waals surface area contributed by atoms with Crippen molar-refractivity contribution >= 4 is 5.97 Å². The molecule has 1 heterocycles. The number of rotatable bonds is 4. The van der Waals surface area contributed by atoms with Gasteiger partial charge in [-0.25, -0.2) is 0 Å². The third-order valence-corrected chi connectivity index (χ3v) is 2.98. The predicted octanol–water partition coefficient (Wildman–Crippen LogP) is 1.55. The van der Waals surface area contributed by atoms with Gasteiger partial charge in [-0.2, -0.15) is 0 Å². The van der Waals surface area contributed by atoms with Crippen LogP contribution in [-0.2, 0) is 4.79 Å². The van der Waals surface area contributed by atoms with Crippen molar-refractivity contribution in [2.75, 3.05) is 13.6 Å². The number of carboxylic acid groups (broad SMARTS) is 1. The van der Waals surface area contributed by atoms with E-state index >= 15 is 0 Å². The summed E-state index contributed by atoms with van der Waals surface area (Å²) in [5, 5.41) is 9.09. The Hall–Kier alpha value is -1.19. The molecule has 0 radical (unpaired) electrons. The van der Waals surface area contributed by atoms with E-state index < -0.39 is 11.4 Å². The monoisotopic (exact) mass is 212 g/mol. The van der Waals surface area contributed by atoms with Crippen molar-refractivity contribution in [2.24, 2.45) is 5.41 Å². The zero-order valence-corrected chi connectivity index (χ0v) is 9.90. The number of nitrogens with zero attached hydrogens (tertiary/aromatic N) is 2. The molecule has 0 bridgehead atoms. The average molecular weight is 212 g/mol. The van der Waals surface area contributed by atoms with Crippen molar-refractivity contribution < 1.29 is 9.90 Å². The van der Waals surface area contributed by atoms with Crippen LogP contribution in [0.25, 0.3) is 0 Å². The third-order valence-electron chi connectivity index (χ3n) is 2.98. The van der Waals surface area contributed by atoms with Crippen molar-refractivity contribution in [1.82, 2.24) is 9.80 Å². The molecule has 15 heavy (non-hydrogen) atoms. The molecule has 1 unspecified atom stereocenters. The van der Waals surface area contributed by atoms with E-state index in [1.807, 2.05) is 19.4 Å². The van der Waals surface area contributed by atoms with Gasteiger partial charge in [0.25, 0.3) is 0 Å². The molecule has 0 spiro atoms. The van der Waals surface area contributed by atoms with E-state index in [9.17, 15) is 4.79 Å². The number of hydrogen-bond donors (Lipinski definition) is 1. The summed E-state index contributed by atoms with van der Waals surface area (Å²) < 4.78 is 0. The van der Waals surface area contributed by atoms with Crippen LogP contribution in [0.5, 0.6) is 0 Å². The van der Waals surface area contributed by atoms with Crippen LogP contribution in [0.4, 0.5) is 0 Å². The van der Waals surface area contributed by atoms with Crippen LogP contribution in [0.2, 0.25) is 0 Å². The summed E-state index contributed by atoms with van der Waals surface area (Å²) >= 11 is 0. The van der Waals surface area contributed by atoms with Crippen LogP contribution in [-0.4, -0.2) is 40.6 Å². The van der Waals surface area contributed by atoms with Gasteiger partial charge in [0, 0.05) is 32.4 Å². The predicted molar refractivity (Wildman–Crippen MR) is 59.1 cm³/mol. The quantitative estimate of drug-likeness (QED) is 0.768. The van der Waals surface area contributed by atoms with Crippen molar-refractivity contribution in [3.63, 3.8) is 0 Å². The fourth-order valence-electron chi connectivity index (χ4n) is 1.74. The minimum Gasteiger partial charge on any atom is -0.481 e. The van der Waals surface area contributed by atoms with Gasteiger partial charge in [-0.05, 0) is 20.8 Å². The molecule has 0 aromatic carbocycles. The first-order chi connectivity index (χ1) is 6.88. The van der Waals surface area contributed by atoms with Gasteiger partial charge in [0.2, 0.25) is 0 Å². The van der Waals surface area contributed by atoms with Gasteiger partial charge in [-0.3, -0.25) is 4.79 Å². The van der Waals surface area contributed by atoms with E-state index in [4.69, 9.17) is 5.11 Å². The van der Waals surface area contributed by atoms with Crippen LogP contribution < -0.4 is 0 Å². The molecule has 86 valence electrons. The molecule has 0 aliphatic carbocycles. The molecule has 1 aliphatic rings. The van der Waals surface area contributed by atoms with Gasteiger partial charge in [0.15, 0.2) is 0 Å². The first-order valence-electron chi connectivity index (χ1n) is 5.28. The summed E-state index contributed by atoms with van der Waals surface area (Å²) in [6.07, 6.45) is 4.80. The van der Waals surface area contributed by atoms with E-state index in [0.29, 0.717) is 6.42 Å². The van der Waals surface area contributed by atoms with Crippen LogP contribution in [0, 0.1) is 5.41 Å². The SMILES string of the molecule is CCN1C=CN(C)C1CC(C)(C)C(=O)O. The molecule has 1 aliphatic heterocycles. The van der Waals surface area contributed by atoms with Crippen LogP contribution in [0.1, 0.15) is 27.2 Å². The van der Waals surface area contributed by atoms with Crippen LogP contribution >= 0.6 is 0 Å². The van der Waals surface area contributed by atoms with E-state index in [1.54, 1.807) is 13.8 Å². The molecule has 0 fully saturated rings. The highest BCUT2D eigenvalue weighted by Crippen LogP contribution is 2.28. The van der Waals surface area contributed by atoms with Gasteiger partial charge in [-0.15, -0.1) is 0 Å². The highest BCUT2D eigenvalue weighted by atomic mass is 16.4. The van der Waals surface area contributed by atoms with Crippen molar-refractivity contribution in [1.29, 1.82) is 0 Å². The Kier molecular flexibility index (Phi) is 3.27. The van der Waals surface area contributed by atoms with Gasteiger partial charge >= 0.3 is 5.97 Å². The largest absolute Gasteiger partial charge is 0.481 e. The lowest BCUT2D eigenvalue weighted by atomic mass is 9.87. The Morgan fingerprint density at radius 2 is 2.07 bits per heavy atom. The van der Waals surface area contributed by atoms with E-state index in [0.717, 1.165) is 6.54 Å². The zero-order chi connectivity index (χ0) is 11.6. The minimum atomic E-state index is -0.737. The number of aliphatic carboxylic acids is 1. The standard InChI is InChI=1S/C11H20N2O2/c1-5-13-7-6-12(4)9(13)8-11(2,3)10(14)15/h6-7,9H,5,8H2,1-4H3,(H,14,15). The van der Waals surface area contributed by atoms with E-state index in [-0.39, 0.29) is 6.17 Å². The number of hydrogen-bond acceptors (Lipinski definition) is 3. The second kappa shape index (κ2) is 4.13. The van der Waals surface area contributed by atoms with E-state index in [1.165, 1.54) is 0 Å². The van der Waals surface area contributed by atoms with Gasteiger partial charge < -0.3 is 14.9 Å². The van der Waals surface area contributed by atoms with Gasteiger partial charge in [0.05, 0.1) is 5.41 Å². The molecule has 4 heteroatoms. The number of carboxylic acids is 1. The fourth-order valence-corrected chi connectivity index (χ4v) is 1.74. The molecule has 0 aromatic rings. The Morgan fingerprint density at radius 3 is 2.53 bits per heavy atom. The normalized spacial score (nSPS) is 21.2. The third kappa shape index (κ3) is 2.43. The lowest BCUT2D eigenvalue weighted by molar-refractivity contribution is -0.148. The molecule has 0 saturated carbocycles. The summed E-state index contributed by atoms with van der Waals surface area (Å²) in [6, 6.07) is 0. The van der Waals surface area contributed by atoms with Gasteiger partial charge in [0.1, 0.15) is 6.17 Å². The highest BCUT2D eigenvalue weighted by Gasteiger charge is 2.35. The Balaban J connectivity index is 2.69. The molecule has 0 amide bonds. The lowest BCUT2D eigenvalue weighted by Crippen LogP contribution is -2.42. The molecular weight excluding hydrogens is 192 g/mol.